The van der Waals surface area contributed by atoms with Crippen LogP contribution in [0, 0.1) is 11.8 Å². The molecule has 2 unspecified atom stereocenters. The molecule has 0 aliphatic heterocycles. The third-order valence-corrected chi connectivity index (χ3v) is 6.88. The van der Waals surface area contributed by atoms with Gasteiger partial charge in [0.05, 0.1) is 11.4 Å². The fourth-order valence-corrected chi connectivity index (χ4v) is 5.99. The maximum absolute atomic E-state index is 12.1. The van der Waals surface area contributed by atoms with Gasteiger partial charge in [-0.15, -0.1) is 0 Å². The molecule has 2 saturated carbocycles. The van der Waals surface area contributed by atoms with Crippen LogP contribution in [0.5, 0.6) is 0 Å². The van der Waals surface area contributed by atoms with Crippen LogP contribution in [0.3, 0.4) is 0 Å². The summed E-state index contributed by atoms with van der Waals surface area (Å²) in [4.78, 5) is 12.1. The van der Waals surface area contributed by atoms with Gasteiger partial charge in [-0.25, -0.2) is 4.68 Å². The first kappa shape index (κ1) is 14.7. The molecule has 1 aromatic heterocycles. The summed E-state index contributed by atoms with van der Waals surface area (Å²) >= 11 is 3.64. The lowest BCUT2D eigenvalue weighted by Gasteiger charge is -2.38. The van der Waals surface area contributed by atoms with E-state index < -0.39 is 5.91 Å². The Labute approximate surface area is 149 Å². The number of nitrogens with zero attached hydrogens (tertiary/aromatic N) is 2. The number of amides is 1. The smallest absolute Gasteiger partial charge is 0.269 e. The van der Waals surface area contributed by atoms with E-state index in [1.807, 2.05) is 22.9 Å². The largest absolute Gasteiger partial charge is 0.364 e. The fraction of sp³-hybridized carbons (Fsp3) is 0.474. The molecule has 0 spiro atoms. The van der Waals surface area contributed by atoms with E-state index in [2.05, 4.69) is 22.0 Å². The highest BCUT2D eigenvalue weighted by Crippen LogP contribution is 2.57. The molecule has 4 aliphatic carbocycles. The maximum atomic E-state index is 12.1. The lowest BCUT2D eigenvalue weighted by Crippen LogP contribution is -2.27. The fourth-order valence-electron chi connectivity index (χ4n) is 5.54. The number of primary amides is 1. The van der Waals surface area contributed by atoms with E-state index in [0.29, 0.717) is 17.5 Å². The van der Waals surface area contributed by atoms with Gasteiger partial charge in [0.25, 0.3) is 5.91 Å². The Kier molecular flexibility index (Phi) is 3.18. The quantitative estimate of drug-likeness (QED) is 0.844. The molecule has 1 heterocycles. The number of aromatic nitrogens is 2. The Balaban J connectivity index is 1.79. The van der Waals surface area contributed by atoms with E-state index in [1.165, 1.54) is 37.8 Å². The van der Waals surface area contributed by atoms with Crippen molar-refractivity contribution in [2.24, 2.45) is 17.6 Å². The van der Waals surface area contributed by atoms with Gasteiger partial charge in [0.15, 0.2) is 5.69 Å². The van der Waals surface area contributed by atoms with E-state index in [9.17, 15) is 4.79 Å². The SMILES string of the molecule is NC(=O)c1nn(-c2ccccc2Br)c2c1C1CC3CC(C1)CC2C3. The highest BCUT2D eigenvalue weighted by molar-refractivity contribution is 9.10. The molecule has 24 heavy (non-hydrogen) atoms. The van der Waals surface area contributed by atoms with Crippen molar-refractivity contribution in [1.29, 1.82) is 0 Å². The monoisotopic (exact) mass is 385 g/mol. The summed E-state index contributed by atoms with van der Waals surface area (Å²) in [5.74, 6) is 2.17. The first-order valence-corrected chi connectivity index (χ1v) is 9.58. The van der Waals surface area contributed by atoms with Crippen LogP contribution >= 0.6 is 15.9 Å². The van der Waals surface area contributed by atoms with Crippen LogP contribution in [-0.4, -0.2) is 15.7 Å². The Bertz CT molecular complexity index is 829. The summed E-state index contributed by atoms with van der Waals surface area (Å²) in [5.41, 5.74) is 9.64. The van der Waals surface area contributed by atoms with Crippen molar-refractivity contribution >= 4 is 21.8 Å². The molecule has 4 bridgehead atoms. The second-order valence-electron chi connectivity index (χ2n) is 7.68. The van der Waals surface area contributed by atoms with Crippen LogP contribution in [0.1, 0.15) is 65.7 Å². The van der Waals surface area contributed by atoms with Gasteiger partial charge in [0, 0.05) is 16.0 Å². The first-order chi connectivity index (χ1) is 11.6. The second-order valence-corrected chi connectivity index (χ2v) is 8.53. The Morgan fingerprint density at radius 1 is 1.08 bits per heavy atom. The molecular formula is C19H20BrN3O. The van der Waals surface area contributed by atoms with E-state index in [-0.39, 0.29) is 0 Å². The number of hydrogen-bond donors (Lipinski definition) is 1. The summed E-state index contributed by atoms with van der Waals surface area (Å²) in [6, 6.07) is 8.09. The molecule has 0 saturated heterocycles. The zero-order chi connectivity index (χ0) is 16.4. The second kappa shape index (κ2) is 5.19. The van der Waals surface area contributed by atoms with E-state index >= 15 is 0 Å². The molecule has 6 rings (SSSR count). The number of benzene rings is 1. The van der Waals surface area contributed by atoms with Crippen molar-refractivity contribution in [1.82, 2.24) is 9.78 Å². The number of hydrogen-bond acceptors (Lipinski definition) is 2. The highest BCUT2D eigenvalue weighted by Gasteiger charge is 2.46. The van der Waals surface area contributed by atoms with Gasteiger partial charge < -0.3 is 5.73 Å². The Morgan fingerprint density at radius 2 is 1.75 bits per heavy atom. The molecule has 4 nitrogen and oxygen atoms in total. The van der Waals surface area contributed by atoms with Crippen LogP contribution in [0.2, 0.25) is 0 Å². The first-order valence-electron chi connectivity index (χ1n) is 8.79. The minimum absolute atomic E-state index is 0.390. The van der Waals surface area contributed by atoms with E-state index in [0.717, 1.165) is 27.6 Å². The minimum Gasteiger partial charge on any atom is -0.364 e. The topological polar surface area (TPSA) is 60.9 Å². The number of rotatable bonds is 2. The van der Waals surface area contributed by atoms with Crippen molar-refractivity contribution in [3.05, 3.63) is 45.7 Å². The molecule has 2 fully saturated rings. The molecule has 5 heteroatoms. The summed E-state index contributed by atoms with van der Waals surface area (Å²) < 4.78 is 3.00. The molecule has 2 aromatic rings. The van der Waals surface area contributed by atoms with Gasteiger partial charge in [0.1, 0.15) is 0 Å². The summed E-state index contributed by atoms with van der Waals surface area (Å²) in [6.45, 7) is 0. The minimum atomic E-state index is -0.390. The number of carbonyl (C=O) groups is 1. The Morgan fingerprint density at radius 3 is 2.42 bits per heavy atom. The molecule has 1 amide bonds. The van der Waals surface area contributed by atoms with Gasteiger partial charge in [-0.3, -0.25) is 4.79 Å². The summed E-state index contributed by atoms with van der Waals surface area (Å²) in [7, 11) is 0. The number of para-hydroxylation sites is 1. The van der Waals surface area contributed by atoms with Crippen molar-refractivity contribution in [2.75, 3.05) is 0 Å². The standard InChI is InChI=1S/C19H20BrN3O/c20-14-3-1-2-4-15(14)23-18-13-8-10-5-11(9-13)7-12(6-10)16(18)17(22-23)19(21)24/h1-4,10-13H,5-9H2,(H2,21,24). The molecule has 124 valence electrons. The predicted molar refractivity (Wildman–Crippen MR) is 95.3 cm³/mol. The average Bonchev–Trinajstić information content (AvgIpc) is 2.86. The zero-order valence-electron chi connectivity index (χ0n) is 13.4. The van der Waals surface area contributed by atoms with E-state index in [4.69, 9.17) is 10.8 Å². The van der Waals surface area contributed by atoms with Crippen molar-refractivity contribution < 1.29 is 4.79 Å². The lowest BCUT2D eigenvalue weighted by molar-refractivity contribution is 0.0992. The highest BCUT2D eigenvalue weighted by atomic mass is 79.9. The van der Waals surface area contributed by atoms with Crippen LogP contribution in [-0.2, 0) is 0 Å². The normalized spacial score (nSPS) is 30.2. The molecule has 2 atom stereocenters. The average molecular weight is 386 g/mol. The summed E-state index contributed by atoms with van der Waals surface area (Å²) in [6.07, 6.45) is 6.22. The zero-order valence-corrected chi connectivity index (χ0v) is 15.0. The van der Waals surface area contributed by atoms with Crippen LogP contribution < -0.4 is 5.73 Å². The molecule has 2 N–H and O–H groups in total. The lowest BCUT2D eigenvalue weighted by atomic mass is 9.67. The van der Waals surface area contributed by atoms with Crippen molar-refractivity contribution in [3.63, 3.8) is 0 Å². The molecule has 0 radical (unpaired) electrons. The molecule has 1 aromatic carbocycles. The van der Waals surface area contributed by atoms with Gasteiger partial charge in [-0.1, -0.05) is 12.1 Å². The number of nitrogens with two attached hydrogens (primary N) is 1. The van der Waals surface area contributed by atoms with Crippen molar-refractivity contribution in [3.8, 4) is 5.69 Å². The Hall–Kier alpha value is -1.62. The maximum Gasteiger partial charge on any atom is 0.269 e. The summed E-state index contributed by atoms with van der Waals surface area (Å²) in [5, 5.41) is 4.70. The van der Waals surface area contributed by atoms with Gasteiger partial charge >= 0.3 is 0 Å². The van der Waals surface area contributed by atoms with Gasteiger partial charge in [-0.05, 0) is 77.9 Å². The number of carbonyl (C=O) groups excluding carboxylic acids is 1. The number of halogens is 1. The van der Waals surface area contributed by atoms with Crippen LogP contribution in [0.25, 0.3) is 5.69 Å². The van der Waals surface area contributed by atoms with Crippen molar-refractivity contribution in [2.45, 2.75) is 43.9 Å². The molecule has 4 aliphatic rings. The third-order valence-electron chi connectivity index (χ3n) is 6.21. The van der Waals surface area contributed by atoms with Crippen LogP contribution in [0.15, 0.2) is 28.7 Å². The van der Waals surface area contributed by atoms with E-state index in [1.54, 1.807) is 0 Å². The molecular weight excluding hydrogens is 366 g/mol. The van der Waals surface area contributed by atoms with Crippen LogP contribution in [0.4, 0.5) is 0 Å². The van der Waals surface area contributed by atoms with Gasteiger partial charge in [-0.2, -0.15) is 5.10 Å². The predicted octanol–water partition coefficient (Wildman–Crippen LogP) is 4.12. The third kappa shape index (κ3) is 2.03. The van der Waals surface area contributed by atoms with Gasteiger partial charge in [0.2, 0.25) is 0 Å².